The van der Waals surface area contributed by atoms with Gasteiger partial charge in [-0.15, -0.1) is 0 Å². The van der Waals surface area contributed by atoms with Gasteiger partial charge in [0.1, 0.15) is 0 Å². The van der Waals surface area contributed by atoms with Crippen molar-refractivity contribution >= 4 is 5.52 Å². The van der Waals surface area contributed by atoms with Crippen LogP contribution in [0.4, 0.5) is 13.2 Å². The van der Waals surface area contributed by atoms with Crippen molar-refractivity contribution in [3.63, 3.8) is 0 Å². The van der Waals surface area contributed by atoms with E-state index in [1.54, 1.807) is 0 Å². The Hall–Kier alpha value is -1.56. The molecule has 6 heteroatoms. The molecule has 0 fully saturated rings. The van der Waals surface area contributed by atoms with Crippen molar-refractivity contribution in [3.05, 3.63) is 35.9 Å². The summed E-state index contributed by atoms with van der Waals surface area (Å²) < 4.78 is 44.3. The Kier molecular flexibility index (Phi) is 2.59. The fourth-order valence-corrected chi connectivity index (χ4v) is 1.59. The van der Waals surface area contributed by atoms with E-state index >= 15 is 0 Å². The van der Waals surface area contributed by atoms with E-state index in [9.17, 15) is 13.2 Å². The van der Waals surface area contributed by atoms with Crippen molar-refractivity contribution in [3.8, 4) is 0 Å². The fourth-order valence-electron chi connectivity index (χ4n) is 1.59. The molecule has 2 rings (SSSR count). The summed E-state index contributed by atoms with van der Waals surface area (Å²) in [6, 6.07) is 2.43. The molecule has 0 saturated heterocycles. The number of imidazole rings is 1. The molecule has 0 aliphatic carbocycles. The first-order chi connectivity index (χ1) is 7.54. The maximum absolute atomic E-state index is 12.7. The van der Waals surface area contributed by atoms with E-state index < -0.39 is 11.7 Å². The van der Waals surface area contributed by atoms with E-state index in [0.717, 1.165) is 6.07 Å². The smallest absolute Gasteiger partial charge is 0.378 e. The summed E-state index contributed by atoms with van der Waals surface area (Å²) >= 11 is 0. The molecule has 0 N–H and O–H groups in total. The average molecular weight is 230 g/mol. The van der Waals surface area contributed by atoms with Gasteiger partial charge < -0.3 is 9.14 Å². The molecule has 0 aliphatic rings. The average Bonchev–Trinajstić information content (AvgIpc) is 2.64. The Labute approximate surface area is 89.5 Å². The number of pyridine rings is 1. The number of methoxy groups -OCH3 is 1. The molecule has 2 heterocycles. The lowest BCUT2D eigenvalue weighted by Crippen LogP contribution is -2.13. The Morgan fingerprint density at radius 1 is 1.38 bits per heavy atom. The SMILES string of the molecule is COCc1c(C(F)(F)F)ccc2cncn12. The third-order valence-corrected chi connectivity index (χ3v) is 2.28. The second kappa shape index (κ2) is 3.79. The van der Waals surface area contributed by atoms with Crippen LogP contribution in [0.3, 0.4) is 0 Å². The van der Waals surface area contributed by atoms with Crippen LogP contribution < -0.4 is 0 Å². The van der Waals surface area contributed by atoms with E-state index in [1.807, 2.05) is 0 Å². The quantitative estimate of drug-likeness (QED) is 0.792. The second-order valence-electron chi connectivity index (χ2n) is 3.31. The molecule has 0 atom stereocenters. The normalized spacial score (nSPS) is 12.2. The molecule has 2 aromatic rings. The summed E-state index contributed by atoms with van der Waals surface area (Å²) in [4.78, 5) is 3.81. The third-order valence-electron chi connectivity index (χ3n) is 2.28. The zero-order valence-corrected chi connectivity index (χ0v) is 8.45. The molecule has 2 aromatic heterocycles. The van der Waals surface area contributed by atoms with Crippen molar-refractivity contribution in [1.82, 2.24) is 9.38 Å². The van der Waals surface area contributed by atoms with Gasteiger partial charge in [0.15, 0.2) is 0 Å². The summed E-state index contributed by atoms with van der Waals surface area (Å²) in [6.07, 6.45) is -1.54. The van der Waals surface area contributed by atoms with Gasteiger partial charge in [-0.05, 0) is 12.1 Å². The predicted molar refractivity (Wildman–Crippen MR) is 50.9 cm³/mol. The Morgan fingerprint density at radius 2 is 2.12 bits per heavy atom. The van der Waals surface area contributed by atoms with Crippen LogP contribution in [0, 0.1) is 0 Å². The molecule has 16 heavy (non-hydrogen) atoms. The number of nitrogens with zero attached hydrogens (tertiary/aromatic N) is 2. The first-order valence-electron chi connectivity index (χ1n) is 4.54. The number of ether oxygens (including phenoxy) is 1. The molecule has 0 bridgehead atoms. The number of fused-ring (bicyclic) bond motifs is 1. The van der Waals surface area contributed by atoms with Crippen molar-refractivity contribution in [1.29, 1.82) is 0 Å². The Morgan fingerprint density at radius 3 is 2.75 bits per heavy atom. The largest absolute Gasteiger partial charge is 0.418 e. The van der Waals surface area contributed by atoms with E-state index in [2.05, 4.69) is 4.98 Å². The fraction of sp³-hybridized carbons (Fsp3) is 0.300. The number of hydrogen-bond donors (Lipinski definition) is 0. The lowest BCUT2D eigenvalue weighted by Gasteiger charge is -2.14. The predicted octanol–water partition coefficient (Wildman–Crippen LogP) is 2.50. The molecule has 0 spiro atoms. The van der Waals surface area contributed by atoms with Crippen molar-refractivity contribution in [2.24, 2.45) is 0 Å². The van der Waals surface area contributed by atoms with Gasteiger partial charge in [0.2, 0.25) is 0 Å². The topological polar surface area (TPSA) is 26.5 Å². The van der Waals surface area contributed by atoms with Crippen LogP contribution in [0.25, 0.3) is 5.52 Å². The van der Waals surface area contributed by atoms with Gasteiger partial charge in [-0.1, -0.05) is 0 Å². The molecule has 0 radical (unpaired) electrons. The molecule has 0 saturated carbocycles. The van der Waals surface area contributed by atoms with Crippen LogP contribution in [0.15, 0.2) is 24.7 Å². The minimum Gasteiger partial charge on any atom is -0.378 e. The first-order valence-corrected chi connectivity index (χ1v) is 4.54. The highest BCUT2D eigenvalue weighted by atomic mass is 19.4. The van der Waals surface area contributed by atoms with Gasteiger partial charge in [0.25, 0.3) is 0 Å². The van der Waals surface area contributed by atoms with Gasteiger partial charge in [0.05, 0.1) is 35.9 Å². The summed E-state index contributed by atoms with van der Waals surface area (Å²) in [5, 5.41) is 0. The molecular formula is C10H9F3N2O. The van der Waals surface area contributed by atoms with E-state index in [4.69, 9.17) is 4.74 Å². The maximum atomic E-state index is 12.7. The summed E-state index contributed by atoms with van der Waals surface area (Å²) in [5.74, 6) is 0. The number of hydrogen-bond acceptors (Lipinski definition) is 2. The maximum Gasteiger partial charge on any atom is 0.418 e. The summed E-state index contributed by atoms with van der Waals surface area (Å²) in [5.41, 5.74) is -0.0232. The van der Waals surface area contributed by atoms with E-state index in [-0.39, 0.29) is 12.3 Å². The zero-order valence-electron chi connectivity index (χ0n) is 8.45. The lowest BCUT2D eigenvalue weighted by atomic mass is 10.2. The Balaban J connectivity index is 2.68. The standard InChI is InChI=1S/C10H9F3N2O/c1-16-5-9-8(10(11,12)13)3-2-7-4-14-6-15(7)9/h2-4,6H,5H2,1H3. The highest BCUT2D eigenvalue weighted by Gasteiger charge is 2.34. The molecule has 0 unspecified atom stereocenters. The molecular weight excluding hydrogens is 221 g/mol. The van der Waals surface area contributed by atoms with Gasteiger partial charge in [-0.2, -0.15) is 13.2 Å². The van der Waals surface area contributed by atoms with Gasteiger partial charge >= 0.3 is 6.18 Å². The minimum absolute atomic E-state index is 0.0602. The number of alkyl halides is 3. The third kappa shape index (κ3) is 1.76. The molecule has 86 valence electrons. The molecule has 0 aliphatic heterocycles. The monoisotopic (exact) mass is 230 g/mol. The zero-order chi connectivity index (χ0) is 11.8. The van der Waals surface area contributed by atoms with Crippen LogP contribution in [-0.4, -0.2) is 16.5 Å². The van der Waals surface area contributed by atoms with E-state index in [0.29, 0.717) is 5.52 Å². The van der Waals surface area contributed by atoms with E-state index in [1.165, 1.54) is 30.1 Å². The van der Waals surface area contributed by atoms with Crippen LogP contribution in [0.2, 0.25) is 0 Å². The number of aromatic nitrogens is 2. The Bertz CT molecular complexity index is 504. The second-order valence-corrected chi connectivity index (χ2v) is 3.31. The molecule has 0 aromatic carbocycles. The lowest BCUT2D eigenvalue weighted by molar-refractivity contribution is -0.139. The van der Waals surface area contributed by atoms with Crippen LogP contribution >= 0.6 is 0 Å². The van der Waals surface area contributed by atoms with Crippen LogP contribution in [-0.2, 0) is 17.5 Å². The van der Waals surface area contributed by atoms with Crippen molar-refractivity contribution in [2.45, 2.75) is 12.8 Å². The molecule has 0 amide bonds. The first kappa shape index (κ1) is 10.9. The van der Waals surface area contributed by atoms with Gasteiger partial charge in [0, 0.05) is 7.11 Å². The number of halogens is 3. The van der Waals surface area contributed by atoms with Crippen molar-refractivity contribution in [2.75, 3.05) is 7.11 Å². The summed E-state index contributed by atoms with van der Waals surface area (Å²) in [7, 11) is 1.36. The molecule has 3 nitrogen and oxygen atoms in total. The van der Waals surface area contributed by atoms with Crippen LogP contribution in [0.5, 0.6) is 0 Å². The highest BCUT2D eigenvalue weighted by Crippen LogP contribution is 2.32. The van der Waals surface area contributed by atoms with Crippen molar-refractivity contribution < 1.29 is 17.9 Å². The summed E-state index contributed by atoms with van der Waals surface area (Å²) in [6.45, 7) is -0.109. The highest BCUT2D eigenvalue weighted by molar-refractivity contribution is 5.48. The number of rotatable bonds is 2. The minimum atomic E-state index is -4.38. The van der Waals surface area contributed by atoms with Crippen LogP contribution in [0.1, 0.15) is 11.3 Å². The van der Waals surface area contributed by atoms with Gasteiger partial charge in [-0.25, -0.2) is 4.98 Å². The van der Waals surface area contributed by atoms with Gasteiger partial charge in [-0.3, -0.25) is 0 Å².